The van der Waals surface area contributed by atoms with Crippen LogP contribution in [0.3, 0.4) is 0 Å². The Morgan fingerprint density at radius 3 is 2.21 bits per heavy atom. The molecule has 0 aromatic heterocycles. The maximum Gasteiger partial charge on any atom is 0.157 e. The fourth-order valence-corrected chi connectivity index (χ4v) is 4.14. The van der Waals surface area contributed by atoms with Gasteiger partial charge in [-0.1, -0.05) is 20.3 Å². The summed E-state index contributed by atoms with van der Waals surface area (Å²) >= 11 is 0. The molecule has 0 bridgehead atoms. The Kier molecular flexibility index (Phi) is 8.35. The summed E-state index contributed by atoms with van der Waals surface area (Å²) in [5.74, 6) is -0.899. The van der Waals surface area contributed by atoms with Gasteiger partial charge < -0.3 is 9.47 Å². The minimum absolute atomic E-state index is 0.0636. The van der Waals surface area contributed by atoms with E-state index in [2.05, 4.69) is 6.92 Å². The van der Waals surface area contributed by atoms with Gasteiger partial charge in [-0.15, -0.1) is 0 Å². The summed E-state index contributed by atoms with van der Waals surface area (Å²) in [5.41, 5.74) is 0. The summed E-state index contributed by atoms with van der Waals surface area (Å²) in [7, 11) is 0. The number of alkyl halides is 3. The van der Waals surface area contributed by atoms with Gasteiger partial charge >= 0.3 is 0 Å². The van der Waals surface area contributed by atoms with Gasteiger partial charge in [0.15, 0.2) is 6.17 Å². The van der Waals surface area contributed by atoms with Crippen molar-refractivity contribution in [1.82, 2.24) is 0 Å². The zero-order valence-corrected chi connectivity index (χ0v) is 15.1. The Balaban J connectivity index is 1.84. The van der Waals surface area contributed by atoms with Gasteiger partial charge in [-0.3, -0.25) is 0 Å². The normalized spacial score (nSPS) is 40.6. The van der Waals surface area contributed by atoms with E-state index in [4.69, 9.17) is 9.47 Å². The van der Waals surface area contributed by atoms with Crippen molar-refractivity contribution in [2.24, 2.45) is 11.8 Å². The molecule has 0 spiro atoms. The van der Waals surface area contributed by atoms with E-state index in [0.29, 0.717) is 38.9 Å². The Morgan fingerprint density at radius 1 is 0.792 bits per heavy atom. The van der Waals surface area contributed by atoms with Crippen molar-refractivity contribution in [3.05, 3.63) is 0 Å². The number of halogens is 3. The Labute approximate surface area is 144 Å². The zero-order chi connectivity index (χ0) is 17.5. The van der Waals surface area contributed by atoms with Gasteiger partial charge in [0.2, 0.25) is 0 Å². The highest BCUT2D eigenvalue weighted by atomic mass is 19.2. The summed E-state index contributed by atoms with van der Waals surface area (Å²) in [4.78, 5) is 0. The number of hydrogen-bond acceptors (Lipinski definition) is 2. The fraction of sp³-hybridized carbons (Fsp3) is 1.00. The van der Waals surface area contributed by atoms with E-state index in [0.717, 1.165) is 25.7 Å². The highest BCUT2D eigenvalue weighted by Crippen LogP contribution is 2.43. The van der Waals surface area contributed by atoms with Crippen LogP contribution in [0.1, 0.15) is 65.2 Å². The predicted molar refractivity (Wildman–Crippen MR) is 89.4 cm³/mol. The number of ether oxygens (including phenoxy) is 2. The van der Waals surface area contributed by atoms with Gasteiger partial charge in [0.05, 0.1) is 12.2 Å². The van der Waals surface area contributed by atoms with Gasteiger partial charge in [0, 0.05) is 19.6 Å². The average molecular weight is 350 g/mol. The molecule has 2 fully saturated rings. The lowest BCUT2D eigenvalue weighted by molar-refractivity contribution is -0.102. The summed E-state index contributed by atoms with van der Waals surface area (Å²) < 4.78 is 54.6. The van der Waals surface area contributed by atoms with Crippen LogP contribution in [0.5, 0.6) is 0 Å². The molecule has 0 saturated heterocycles. The molecule has 142 valence electrons. The van der Waals surface area contributed by atoms with Gasteiger partial charge in [-0.25, -0.2) is 13.2 Å². The topological polar surface area (TPSA) is 18.5 Å². The molecule has 5 heteroatoms. The largest absolute Gasteiger partial charge is 0.378 e. The third-order valence-electron chi connectivity index (χ3n) is 5.56. The molecule has 0 aromatic rings. The highest BCUT2D eigenvalue weighted by Gasteiger charge is 2.47. The minimum Gasteiger partial charge on any atom is -0.378 e. The quantitative estimate of drug-likeness (QED) is 0.561. The van der Waals surface area contributed by atoms with E-state index < -0.39 is 30.5 Å². The SMILES string of the molecule is CCCCOC1CCC(C2CCC(OCCC)C(F)C2F)C(F)C1. The molecule has 2 aliphatic carbocycles. The van der Waals surface area contributed by atoms with Crippen molar-refractivity contribution < 1.29 is 22.6 Å². The van der Waals surface area contributed by atoms with Crippen molar-refractivity contribution >= 4 is 0 Å². The highest BCUT2D eigenvalue weighted by molar-refractivity contribution is 4.95. The second kappa shape index (κ2) is 10.0. The molecule has 24 heavy (non-hydrogen) atoms. The van der Waals surface area contributed by atoms with Crippen LogP contribution >= 0.6 is 0 Å². The van der Waals surface area contributed by atoms with E-state index in [1.54, 1.807) is 0 Å². The van der Waals surface area contributed by atoms with Crippen molar-refractivity contribution in [2.45, 2.75) is 95.9 Å². The molecule has 2 nitrogen and oxygen atoms in total. The second-order valence-corrected chi connectivity index (χ2v) is 7.38. The fourth-order valence-electron chi connectivity index (χ4n) is 4.14. The van der Waals surface area contributed by atoms with E-state index in [-0.39, 0.29) is 12.0 Å². The molecule has 7 atom stereocenters. The standard InChI is InChI=1S/C19H33F3O2/c1-3-5-11-23-13-6-7-14(16(20)12-13)15-8-9-17(24-10-4-2)19(22)18(15)21/h13-19H,3-12H2,1-2H3. The summed E-state index contributed by atoms with van der Waals surface area (Å²) in [6.07, 6.45) is 0.455. The first-order valence-corrected chi connectivity index (χ1v) is 9.73. The monoisotopic (exact) mass is 350 g/mol. The first-order valence-electron chi connectivity index (χ1n) is 9.73. The lowest BCUT2D eigenvalue weighted by atomic mass is 9.70. The number of unbranched alkanes of at least 4 members (excludes halogenated alkanes) is 1. The van der Waals surface area contributed by atoms with Crippen molar-refractivity contribution in [3.63, 3.8) is 0 Å². The van der Waals surface area contributed by atoms with Crippen LogP contribution in [-0.4, -0.2) is 43.9 Å². The molecule has 0 aromatic carbocycles. The summed E-state index contributed by atoms with van der Waals surface area (Å²) in [5, 5.41) is 0. The van der Waals surface area contributed by atoms with Gasteiger partial charge in [-0.2, -0.15) is 0 Å². The number of hydrogen-bond donors (Lipinski definition) is 0. The molecule has 7 unspecified atom stereocenters. The van der Waals surface area contributed by atoms with Crippen LogP contribution in [0.4, 0.5) is 13.2 Å². The van der Waals surface area contributed by atoms with Gasteiger partial charge in [0.1, 0.15) is 12.3 Å². The molecule has 2 aliphatic rings. The molecular weight excluding hydrogens is 317 g/mol. The van der Waals surface area contributed by atoms with E-state index in [9.17, 15) is 13.2 Å². The summed E-state index contributed by atoms with van der Waals surface area (Å²) in [6, 6.07) is 0. The lowest BCUT2D eigenvalue weighted by Gasteiger charge is -2.42. The summed E-state index contributed by atoms with van der Waals surface area (Å²) in [6.45, 7) is 5.15. The molecule has 2 rings (SSSR count). The number of rotatable bonds is 8. The third-order valence-corrected chi connectivity index (χ3v) is 5.56. The Bertz CT molecular complexity index is 356. The van der Waals surface area contributed by atoms with Crippen molar-refractivity contribution in [3.8, 4) is 0 Å². The molecule has 0 N–H and O–H groups in total. The Hall–Kier alpha value is -0.290. The van der Waals surface area contributed by atoms with E-state index in [1.165, 1.54) is 0 Å². The van der Waals surface area contributed by atoms with Crippen LogP contribution in [0, 0.1) is 11.8 Å². The maximum atomic E-state index is 14.6. The molecule has 0 amide bonds. The zero-order valence-electron chi connectivity index (χ0n) is 15.1. The smallest absolute Gasteiger partial charge is 0.157 e. The van der Waals surface area contributed by atoms with Crippen LogP contribution in [0.25, 0.3) is 0 Å². The molecular formula is C19H33F3O2. The van der Waals surface area contributed by atoms with Crippen LogP contribution < -0.4 is 0 Å². The minimum atomic E-state index is -1.62. The maximum absolute atomic E-state index is 14.6. The van der Waals surface area contributed by atoms with Crippen molar-refractivity contribution in [2.75, 3.05) is 13.2 Å². The molecule has 0 heterocycles. The average Bonchev–Trinajstić information content (AvgIpc) is 2.57. The van der Waals surface area contributed by atoms with Crippen LogP contribution in [0.2, 0.25) is 0 Å². The molecule has 0 radical (unpaired) electrons. The van der Waals surface area contributed by atoms with Crippen LogP contribution in [0.15, 0.2) is 0 Å². The third kappa shape index (κ3) is 5.10. The molecule has 0 aliphatic heterocycles. The van der Waals surface area contributed by atoms with E-state index in [1.807, 2.05) is 6.92 Å². The first kappa shape index (κ1) is 20.0. The lowest BCUT2D eigenvalue weighted by Crippen LogP contribution is -2.48. The first-order chi connectivity index (χ1) is 11.6. The Morgan fingerprint density at radius 2 is 1.54 bits per heavy atom. The van der Waals surface area contributed by atoms with Gasteiger partial charge in [-0.05, 0) is 50.4 Å². The van der Waals surface area contributed by atoms with Crippen molar-refractivity contribution in [1.29, 1.82) is 0 Å². The second-order valence-electron chi connectivity index (χ2n) is 7.38. The van der Waals surface area contributed by atoms with Gasteiger partial charge in [0.25, 0.3) is 0 Å². The van der Waals surface area contributed by atoms with Crippen LogP contribution in [-0.2, 0) is 9.47 Å². The molecule has 2 saturated carbocycles. The van der Waals surface area contributed by atoms with E-state index >= 15 is 0 Å². The predicted octanol–water partition coefficient (Wildman–Crippen LogP) is 5.19.